The van der Waals surface area contributed by atoms with E-state index >= 15 is 0 Å². The zero-order chi connectivity index (χ0) is 13.1. The monoisotopic (exact) mass is 267 g/mol. The van der Waals surface area contributed by atoms with Crippen LogP contribution < -0.4 is 0 Å². The lowest BCUT2D eigenvalue weighted by Gasteiger charge is -2.16. The van der Waals surface area contributed by atoms with Crippen molar-refractivity contribution in [2.75, 3.05) is 6.54 Å². The molecule has 1 aromatic heterocycles. The molecule has 0 aliphatic carbocycles. The molecule has 18 heavy (non-hydrogen) atoms. The zero-order valence-electron chi connectivity index (χ0n) is 10.4. The summed E-state index contributed by atoms with van der Waals surface area (Å²) in [6.45, 7) is 3.32. The van der Waals surface area contributed by atoms with Gasteiger partial charge in [0.1, 0.15) is 4.88 Å². The van der Waals surface area contributed by atoms with Gasteiger partial charge in [-0.15, -0.1) is 11.3 Å². The van der Waals surface area contributed by atoms with Crippen LogP contribution in [0, 0.1) is 5.92 Å². The minimum Gasteiger partial charge on any atom is -0.477 e. The van der Waals surface area contributed by atoms with E-state index in [0.717, 1.165) is 24.9 Å². The van der Waals surface area contributed by atoms with Crippen molar-refractivity contribution in [1.29, 1.82) is 0 Å². The van der Waals surface area contributed by atoms with Crippen molar-refractivity contribution in [3.63, 3.8) is 0 Å². The maximum Gasteiger partial charge on any atom is 0.346 e. The molecule has 1 atom stereocenters. The summed E-state index contributed by atoms with van der Waals surface area (Å²) < 4.78 is 0. The quantitative estimate of drug-likeness (QED) is 0.892. The molecular weight excluding hydrogens is 250 g/mol. The molecule has 1 aromatic rings. The van der Waals surface area contributed by atoms with Gasteiger partial charge in [0.05, 0.1) is 0 Å². The third-order valence-electron chi connectivity index (χ3n) is 3.29. The first-order valence-corrected chi connectivity index (χ1v) is 7.07. The summed E-state index contributed by atoms with van der Waals surface area (Å²) in [5, 5.41) is 10.8. The molecular formula is C13H17NO3S. The second-order valence-corrected chi connectivity index (χ2v) is 5.63. The SMILES string of the molecule is CCCC1CC(=O)N(Cc2ccsc2C(=O)O)C1. The topological polar surface area (TPSA) is 57.6 Å². The largest absolute Gasteiger partial charge is 0.477 e. The van der Waals surface area contributed by atoms with E-state index in [2.05, 4.69) is 6.92 Å². The predicted octanol–water partition coefficient (Wildman–Crippen LogP) is 2.59. The molecule has 1 saturated heterocycles. The van der Waals surface area contributed by atoms with Gasteiger partial charge in [0.2, 0.25) is 5.91 Å². The molecule has 1 aliphatic rings. The number of amides is 1. The van der Waals surface area contributed by atoms with Gasteiger partial charge < -0.3 is 10.0 Å². The fourth-order valence-electron chi connectivity index (χ4n) is 2.46. The molecule has 1 fully saturated rings. The third-order valence-corrected chi connectivity index (χ3v) is 4.24. The van der Waals surface area contributed by atoms with Crippen molar-refractivity contribution in [2.24, 2.45) is 5.92 Å². The van der Waals surface area contributed by atoms with E-state index in [1.807, 2.05) is 0 Å². The van der Waals surface area contributed by atoms with Crippen LogP contribution in [0.1, 0.15) is 41.4 Å². The number of carboxylic acid groups (broad SMARTS) is 1. The van der Waals surface area contributed by atoms with Crippen molar-refractivity contribution in [1.82, 2.24) is 4.90 Å². The standard InChI is InChI=1S/C13H17NO3S/c1-2-3-9-6-11(15)14(7-9)8-10-4-5-18-12(10)13(16)17/h4-5,9H,2-3,6-8H2,1H3,(H,16,17). The summed E-state index contributed by atoms with van der Waals surface area (Å²) in [5.41, 5.74) is 0.748. The number of carboxylic acids is 1. The summed E-state index contributed by atoms with van der Waals surface area (Å²) in [5.74, 6) is -0.317. The van der Waals surface area contributed by atoms with Crippen molar-refractivity contribution >= 4 is 23.2 Å². The molecule has 98 valence electrons. The average Bonchev–Trinajstić information content (AvgIpc) is 2.88. The van der Waals surface area contributed by atoms with E-state index in [1.54, 1.807) is 16.3 Å². The van der Waals surface area contributed by atoms with Gasteiger partial charge >= 0.3 is 5.97 Å². The first kappa shape index (κ1) is 13.1. The van der Waals surface area contributed by atoms with Crippen LogP contribution in [0.2, 0.25) is 0 Å². The lowest BCUT2D eigenvalue weighted by Crippen LogP contribution is -2.25. The summed E-state index contributed by atoms with van der Waals surface area (Å²) in [7, 11) is 0. The Hall–Kier alpha value is -1.36. The van der Waals surface area contributed by atoms with Crippen LogP contribution in [0.15, 0.2) is 11.4 Å². The van der Waals surface area contributed by atoms with Gasteiger partial charge in [-0.25, -0.2) is 4.79 Å². The maximum absolute atomic E-state index is 11.8. The maximum atomic E-state index is 11.8. The molecule has 0 saturated carbocycles. The number of thiophene rings is 1. The Bertz CT molecular complexity index is 455. The smallest absolute Gasteiger partial charge is 0.346 e. The van der Waals surface area contributed by atoms with Crippen LogP contribution in [0.3, 0.4) is 0 Å². The van der Waals surface area contributed by atoms with Gasteiger partial charge in [-0.05, 0) is 29.3 Å². The van der Waals surface area contributed by atoms with Crippen LogP contribution in [0.5, 0.6) is 0 Å². The summed E-state index contributed by atoms with van der Waals surface area (Å²) in [6, 6.07) is 1.80. The fourth-order valence-corrected chi connectivity index (χ4v) is 3.22. The van der Waals surface area contributed by atoms with E-state index in [0.29, 0.717) is 23.8 Å². The zero-order valence-corrected chi connectivity index (χ0v) is 11.2. The molecule has 1 amide bonds. The normalized spacial score (nSPS) is 19.5. The van der Waals surface area contributed by atoms with Crippen LogP contribution in [-0.4, -0.2) is 28.4 Å². The number of hydrogen-bond acceptors (Lipinski definition) is 3. The van der Waals surface area contributed by atoms with Gasteiger partial charge in [-0.2, -0.15) is 0 Å². The second-order valence-electron chi connectivity index (χ2n) is 4.71. The van der Waals surface area contributed by atoms with Crippen molar-refractivity contribution in [3.05, 3.63) is 21.9 Å². The number of carbonyl (C=O) groups is 2. The number of rotatable bonds is 5. The van der Waals surface area contributed by atoms with Crippen LogP contribution in [0.4, 0.5) is 0 Å². The number of hydrogen-bond donors (Lipinski definition) is 1. The van der Waals surface area contributed by atoms with Gasteiger partial charge in [0, 0.05) is 19.5 Å². The minimum atomic E-state index is -0.906. The Morgan fingerprint density at radius 1 is 1.61 bits per heavy atom. The highest BCUT2D eigenvalue weighted by Crippen LogP contribution is 2.26. The van der Waals surface area contributed by atoms with Gasteiger partial charge in [-0.3, -0.25) is 4.79 Å². The first-order chi connectivity index (χ1) is 8.61. The van der Waals surface area contributed by atoms with Gasteiger partial charge in [0.15, 0.2) is 0 Å². The molecule has 1 N–H and O–H groups in total. The van der Waals surface area contributed by atoms with Crippen molar-refractivity contribution in [2.45, 2.75) is 32.7 Å². The second kappa shape index (κ2) is 5.52. The van der Waals surface area contributed by atoms with Crippen LogP contribution >= 0.6 is 11.3 Å². The van der Waals surface area contributed by atoms with Crippen molar-refractivity contribution < 1.29 is 14.7 Å². The number of nitrogens with zero attached hydrogens (tertiary/aromatic N) is 1. The minimum absolute atomic E-state index is 0.149. The van der Waals surface area contributed by atoms with Crippen molar-refractivity contribution in [3.8, 4) is 0 Å². The molecule has 5 heteroatoms. The Morgan fingerprint density at radius 3 is 3.06 bits per heavy atom. The molecule has 0 aromatic carbocycles. The molecule has 1 aliphatic heterocycles. The Balaban J connectivity index is 2.03. The van der Waals surface area contributed by atoms with E-state index in [-0.39, 0.29) is 5.91 Å². The molecule has 0 bridgehead atoms. The lowest BCUT2D eigenvalue weighted by atomic mass is 10.0. The molecule has 2 rings (SSSR count). The Morgan fingerprint density at radius 2 is 2.39 bits per heavy atom. The summed E-state index contributed by atoms with van der Waals surface area (Å²) >= 11 is 1.22. The number of aromatic carboxylic acids is 1. The van der Waals surface area contributed by atoms with Crippen LogP contribution in [0.25, 0.3) is 0 Å². The first-order valence-electron chi connectivity index (χ1n) is 6.19. The van der Waals surface area contributed by atoms with E-state index < -0.39 is 5.97 Å². The molecule has 0 radical (unpaired) electrons. The van der Waals surface area contributed by atoms with Crippen LogP contribution in [-0.2, 0) is 11.3 Å². The van der Waals surface area contributed by atoms with Gasteiger partial charge in [-0.1, -0.05) is 13.3 Å². The van der Waals surface area contributed by atoms with Gasteiger partial charge in [0.25, 0.3) is 0 Å². The Labute approximate surface area is 110 Å². The molecule has 1 unspecified atom stereocenters. The highest BCUT2D eigenvalue weighted by molar-refractivity contribution is 7.12. The average molecular weight is 267 g/mol. The highest BCUT2D eigenvalue weighted by atomic mass is 32.1. The highest BCUT2D eigenvalue weighted by Gasteiger charge is 2.29. The molecule has 4 nitrogen and oxygen atoms in total. The Kier molecular flexibility index (Phi) is 4.01. The molecule has 2 heterocycles. The number of carbonyl (C=O) groups excluding carboxylic acids is 1. The predicted molar refractivity (Wildman–Crippen MR) is 69.7 cm³/mol. The van der Waals surface area contributed by atoms with E-state index in [4.69, 9.17) is 5.11 Å². The third kappa shape index (κ3) is 2.72. The lowest BCUT2D eigenvalue weighted by molar-refractivity contribution is -0.128. The van der Waals surface area contributed by atoms with E-state index in [1.165, 1.54) is 11.3 Å². The fraction of sp³-hybridized carbons (Fsp3) is 0.538. The molecule has 0 spiro atoms. The summed E-state index contributed by atoms with van der Waals surface area (Å²) in [4.78, 5) is 25.0. The van der Waals surface area contributed by atoms with E-state index in [9.17, 15) is 9.59 Å². The number of likely N-dealkylation sites (tertiary alicyclic amines) is 1. The summed E-state index contributed by atoms with van der Waals surface area (Å²) in [6.07, 6.45) is 2.77.